The Morgan fingerprint density at radius 2 is 2.06 bits per heavy atom. The number of hydrogen-bond acceptors (Lipinski definition) is 7. The van der Waals surface area contributed by atoms with Crippen LogP contribution in [0.1, 0.15) is 36.7 Å². The third-order valence-electron chi connectivity index (χ3n) is 6.06. The van der Waals surface area contributed by atoms with Gasteiger partial charge in [0.15, 0.2) is 5.69 Å². The van der Waals surface area contributed by atoms with E-state index in [0.29, 0.717) is 11.7 Å². The van der Waals surface area contributed by atoms with Crippen molar-refractivity contribution < 1.29 is 9.21 Å². The van der Waals surface area contributed by atoms with E-state index in [4.69, 9.17) is 10.2 Å². The van der Waals surface area contributed by atoms with Crippen molar-refractivity contribution in [2.24, 2.45) is 12.8 Å². The van der Waals surface area contributed by atoms with Crippen LogP contribution in [0.2, 0.25) is 0 Å². The van der Waals surface area contributed by atoms with Crippen molar-refractivity contribution in [3.8, 4) is 0 Å². The van der Waals surface area contributed by atoms with E-state index in [1.54, 1.807) is 9.58 Å². The number of nitrogens with one attached hydrogen (secondary N) is 1. The molecule has 0 unspecified atom stereocenters. The molecule has 0 spiro atoms. The molecule has 3 N–H and O–H groups in total. The molecule has 1 saturated heterocycles. The van der Waals surface area contributed by atoms with E-state index in [1.807, 2.05) is 44.6 Å². The summed E-state index contributed by atoms with van der Waals surface area (Å²) in [5, 5.41) is 8.59. The number of rotatable bonds is 4. The summed E-state index contributed by atoms with van der Waals surface area (Å²) in [6.07, 6.45) is 12.4. The first-order valence-corrected chi connectivity index (χ1v) is 10.9. The zero-order valence-corrected chi connectivity index (χ0v) is 18.3. The summed E-state index contributed by atoms with van der Waals surface area (Å²) < 4.78 is 7.38. The van der Waals surface area contributed by atoms with E-state index in [2.05, 4.69) is 26.4 Å². The number of carbonyl (C=O) groups is 1. The standard InChI is InChI=1S/C23H27N7O2/c1-15-17(24)7-6-10-30(15)23-26-20(14-32-23)22(31)25-19-12-18-16(13-28(2)27-18)11-21(19)29-8-4-3-5-9-29/h6-7,10-15H,3-5,8-9,24H2,1-2H3,(H,25,31)/t15-/m0/s1. The van der Waals surface area contributed by atoms with Gasteiger partial charge >= 0.3 is 6.01 Å². The number of nitrogens with two attached hydrogens (primary N) is 1. The van der Waals surface area contributed by atoms with Gasteiger partial charge in [-0.25, -0.2) is 0 Å². The molecule has 0 saturated carbocycles. The molecular weight excluding hydrogens is 406 g/mol. The number of piperidine rings is 1. The predicted molar refractivity (Wildman–Crippen MR) is 125 cm³/mol. The molecule has 0 bridgehead atoms. The number of carbonyl (C=O) groups excluding carboxylic acids is 1. The van der Waals surface area contributed by atoms with Crippen LogP contribution in [0, 0.1) is 0 Å². The molecule has 1 aromatic carbocycles. The number of anilines is 3. The molecule has 3 aromatic rings. The summed E-state index contributed by atoms with van der Waals surface area (Å²) in [6, 6.07) is 4.25. The van der Waals surface area contributed by atoms with Crippen molar-refractivity contribution in [1.29, 1.82) is 0 Å². The number of aryl methyl sites for hydroxylation is 1. The SMILES string of the molecule is C[C@H]1C(N)=CC=CN1c1nc(C(=O)Nc2cc3nn(C)cc3cc2N2CCCCC2)co1. The van der Waals surface area contributed by atoms with Crippen molar-refractivity contribution in [2.45, 2.75) is 32.2 Å². The van der Waals surface area contributed by atoms with Gasteiger partial charge in [0.05, 0.1) is 22.9 Å². The topological polar surface area (TPSA) is 105 Å². The van der Waals surface area contributed by atoms with Crippen LogP contribution in [0.5, 0.6) is 0 Å². The number of oxazole rings is 1. The molecule has 2 aliphatic heterocycles. The van der Waals surface area contributed by atoms with Gasteiger partial charge in [0.2, 0.25) is 0 Å². The van der Waals surface area contributed by atoms with E-state index in [0.717, 1.165) is 48.2 Å². The normalized spacial score (nSPS) is 18.8. The molecule has 0 aliphatic carbocycles. The quantitative estimate of drug-likeness (QED) is 0.650. The van der Waals surface area contributed by atoms with Crippen LogP contribution in [0.4, 0.5) is 17.4 Å². The summed E-state index contributed by atoms with van der Waals surface area (Å²) in [6.45, 7) is 3.89. The molecule has 1 amide bonds. The lowest BCUT2D eigenvalue weighted by molar-refractivity contribution is 0.102. The van der Waals surface area contributed by atoms with Crippen molar-refractivity contribution in [3.63, 3.8) is 0 Å². The Morgan fingerprint density at radius 1 is 1.25 bits per heavy atom. The Morgan fingerprint density at radius 3 is 2.88 bits per heavy atom. The van der Waals surface area contributed by atoms with Crippen molar-refractivity contribution >= 4 is 34.2 Å². The van der Waals surface area contributed by atoms with Gasteiger partial charge in [0.25, 0.3) is 5.91 Å². The minimum absolute atomic E-state index is 0.105. The number of nitrogens with zero attached hydrogens (tertiary/aromatic N) is 5. The van der Waals surface area contributed by atoms with E-state index in [9.17, 15) is 4.79 Å². The Hall–Kier alpha value is -3.75. The average Bonchev–Trinajstić information content (AvgIpc) is 3.41. The van der Waals surface area contributed by atoms with Crippen molar-refractivity contribution in [1.82, 2.24) is 14.8 Å². The van der Waals surface area contributed by atoms with Crippen LogP contribution in [-0.4, -0.2) is 39.8 Å². The molecule has 1 atom stereocenters. The Balaban J connectivity index is 1.43. The molecule has 166 valence electrons. The molecular formula is C23H27N7O2. The summed E-state index contributed by atoms with van der Waals surface area (Å²) in [4.78, 5) is 21.6. The van der Waals surface area contributed by atoms with Gasteiger partial charge in [-0.3, -0.25) is 14.4 Å². The van der Waals surface area contributed by atoms with E-state index in [1.165, 1.54) is 12.7 Å². The summed E-state index contributed by atoms with van der Waals surface area (Å²) >= 11 is 0. The van der Waals surface area contributed by atoms with Gasteiger partial charge < -0.3 is 20.4 Å². The lowest BCUT2D eigenvalue weighted by Crippen LogP contribution is -2.34. The monoisotopic (exact) mass is 433 g/mol. The smallest absolute Gasteiger partial charge is 0.302 e. The minimum Gasteiger partial charge on any atom is -0.431 e. The highest BCUT2D eigenvalue weighted by Gasteiger charge is 2.24. The van der Waals surface area contributed by atoms with E-state index >= 15 is 0 Å². The Bertz CT molecular complexity index is 1220. The first-order chi connectivity index (χ1) is 15.5. The first-order valence-electron chi connectivity index (χ1n) is 10.9. The second kappa shape index (κ2) is 8.07. The molecule has 1 fully saturated rings. The lowest BCUT2D eigenvalue weighted by Gasteiger charge is -2.30. The highest BCUT2D eigenvalue weighted by atomic mass is 16.4. The van der Waals surface area contributed by atoms with Crippen LogP contribution in [0.15, 0.2) is 53.1 Å². The fourth-order valence-electron chi connectivity index (χ4n) is 4.26. The molecule has 5 rings (SSSR count). The molecule has 2 aliphatic rings. The van der Waals surface area contributed by atoms with Crippen molar-refractivity contribution in [2.75, 3.05) is 28.2 Å². The summed E-state index contributed by atoms with van der Waals surface area (Å²) in [7, 11) is 1.90. The Kier molecular flexibility index (Phi) is 5.08. The van der Waals surface area contributed by atoms with Gasteiger partial charge in [-0.05, 0) is 50.5 Å². The molecule has 32 heavy (non-hydrogen) atoms. The molecule has 4 heterocycles. The molecule has 2 aromatic heterocycles. The summed E-state index contributed by atoms with van der Waals surface area (Å²) in [5.74, 6) is -0.328. The van der Waals surface area contributed by atoms with Crippen LogP contribution >= 0.6 is 0 Å². The van der Waals surface area contributed by atoms with Crippen LogP contribution in [-0.2, 0) is 7.05 Å². The number of hydrogen-bond donors (Lipinski definition) is 2. The average molecular weight is 434 g/mol. The number of allylic oxidation sites excluding steroid dienone is 2. The van der Waals surface area contributed by atoms with Crippen LogP contribution < -0.4 is 20.9 Å². The van der Waals surface area contributed by atoms with Gasteiger partial charge in [-0.1, -0.05) is 0 Å². The second-order valence-electron chi connectivity index (χ2n) is 8.34. The number of amides is 1. The lowest BCUT2D eigenvalue weighted by atomic mass is 10.1. The van der Waals surface area contributed by atoms with Crippen LogP contribution in [0.3, 0.4) is 0 Å². The molecule has 9 nitrogen and oxygen atoms in total. The highest BCUT2D eigenvalue weighted by Crippen LogP contribution is 2.33. The largest absolute Gasteiger partial charge is 0.431 e. The predicted octanol–water partition coefficient (Wildman–Crippen LogP) is 3.37. The van der Waals surface area contributed by atoms with E-state index < -0.39 is 0 Å². The van der Waals surface area contributed by atoms with Crippen LogP contribution in [0.25, 0.3) is 10.9 Å². The maximum Gasteiger partial charge on any atom is 0.302 e. The minimum atomic E-state index is -0.328. The van der Waals surface area contributed by atoms with Gasteiger partial charge in [-0.2, -0.15) is 10.1 Å². The highest BCUT2D eigenvalue weighted by molar-refractivity contribution is 6.06. The summed E-state index contributed by atoms with van der Waals surface area (Å²) in [5.41, 5.74) is 9.49. The van der Waals surface area contributed by atoms with Gasteiger partial charge in [-0.15, -0.1) is 0 Å². The maximum atomic E-state index is 13.1. The van der Waals surface area contributed by atoms with Crippen molar-refractivity contribution in [3.05, 3.63) is 54.3 Å². The number of aromatic nitrogens is 3. The third kappa shape index (κ3) is 3.70. The van der Waals surface area contributed by atoms with Gasteiger partial charge in [0.1, 0.15) is 6.26 Å². The zero-order valence-electron chi connectivity index (χ0n) is 18.3. The molecule has 9 heteroatoms. The molecule has 0 radical (unpaired) electrons. The zero-order chi connectivity index (χ0) is 22.2. The second-order valence-corrected chi connectivity index (χ2v) is 8.34. The number of fused-ring (bicyclic) bond motifs is 1. The van der Waals surface area contributed by atoms with E-state index in [-0.39, 0.29) is 17.6 Å². The number of benzene rings is 1. The fourth-order valence-corrected chi connectivity index (χ4v) is 4.26. The maximum absolute atomic E-state index is 13.1. The fraction of sp³-hybridized carbons (Fsp3) is 0.348. The first kappa shape index (κ1) is 20.2. The Labute approximate surface area is 186 Å². The third-order valence-corrected chi connectivity index (χ3v) is 6.06. The van der Waals surface area contributed by atoms with Gasteiger partial charge in [0, 0.05) is 43.6 Å².